The van der Waals surface area contributed by atoms with Crippen LogP contribution in [0, 0.1) is 12.8 Å². The average Bonchev–Trinajstić information content (AvgIpc) is 3.25. The highest BCUT2D eigenvalue weighted by molar-refractivity contribution is 8.04. The van der Waals surface area contributed by atoms with Gasteiger partial charge in [-0.25, -0.2) is 4.79 Å². The number of carbonyl (C=O) groups excluding carboxylic acids is 3. The van der Waals surface area contributed by atoms with Crippen molar-refractivity contribution in [2.45, 2.75) is 43.6 Å². The second-order valence-corrected chi connectivity index (χ2v) is 10.9. The van der Waals surface area contributed by atoms with E-state index in [9.17, 15) is 14.4 Å². The predicted octanol–water partition coefficient (Wildman–Crippen LogP) is 2.97. The predicted molar refractivity (Wildman–Crippen MR) is 141 cm³/mol. The van der Waals surface area contributed by atoms with Crippen molar-refractivity contribution in [3.05, 3.63) is 64.7 Å². The monoisotopic (exact) mass is 519 g/mol. The molecule has 4 unspecified atom stereocenters. The molecule has 192 valence electrons. The van der Waals surface area contributed by atoms with E-state index in [2.05, 4.69) is 21.3 Å². The minimum absolute atomic E-state index is 0.00625. The van der Waals surface area contributed by atoms with Gasteiger partial charge in [-0.1, -0.05) is 30.0 Å². The first-order valence-corrected chi connectivity index (χ1v) is 13.5. The number of anilines is 1. The second kappa shape index (κ2) is 9.75. The number of piperidine rings is 2. The maximum absolute atomic E-state index is 13.5. The van der Waals surface area contributed by atoms with Crippen LogP contribution in [0.3, 0.4) is 0 Å². The van der Waals surface area contributed by atoms with E-state index in [4.69, 9.17) is 4.74 Å². The standard InChI is InChI=1S/C27H29N5O4S/c1-15-13-18(36-17-5-3-2-4-6-17)7-8-19(15)32-20-10-12-29-26-22(20)23(31-27(32)35)24(37-26)25(34)30-16-9-11-28-21(33)14-16/h2-8,13,16,20,22,26,29H,9-12,14H2,1H3,(H,28,33)(H,30,34)(H,31,35). The van der Waals surface area contributed by atoms with Crippen LogP contribution in [0.2, 0.25) is 0 Å². The van der Waals surface area contributed by atoms with Gasteiger partial charge in [-0.2, -0.15) is 0 Å². The van der Waals surface area contributed by atoms with Crippen LogP contribution in [0.25, 0.3) is 0 Å². The van der Waals surface area contributed by atoms with Gasteiger partial charge in [-0.05, 0) is 62.2 Å². The van der Waals surface area contributed by atoms with Gasteiger partial charge in [0, 0.05) is 36.3 Å². The number of nitrogens with zero attached hydrogens (tertiary/aromatic N) is 1. The number of nitrogens with one attached hydrogen (secondary N) is 4. The number of benzene rings is 2. The van der Waals surface area contributed by atoms with Crippen molar-refractivity contribution in [2.24, 2.45) is 5.92 Å². The quantitative estimate of drug-likeness (QED) is 0.483. The third kappa shape index (κ3) is 4.55. The fourth-order valence-electron chi connectivity index (χ4n) is 5.65. The summed E-state index contributed by atoms with van der Waals surface area (Å²) < 4.78 is 5.98. The summed E-state index contributed by atoms with van der Waals surface area (Å²) in [6.45, 7) is 3.28. The van der Waals surface area contributed by atoms with Crippen LogP contribution in [0.1, 0.15) is 24.8 Å². The molecule has 0 radical (unpaired) electrons. The Morgan fingerprint density at radius 1 is 1.08 bits per heavy atom. The molecule has 4 atom stereocenters. The number of carbonyl (C=O) groups is 3. The molecule has 3 saturated heterocycles. The zero-order chi connectivity index (χ0) is 25.5. The molecule has 2 aromatic rings. The molecule has 4 aliphatic heterocycles. The first-order chi connectivity index (χ1) is 18.0. The van der Waals surface area contributed by atoms with E-state index in [0.717, 1.165) is 30.0 Å². The molecular formula is C27H29N5O4S. The summed E-state index contributed by atoms with van der Waals surface area (Å²) in [4.78, 5) is 40.9. The molecule has 0 spiro atoms. The summed E-state index contributed by atoms with van der Waals surface area (Å²) in [5.41, 5.74) is 2.46. The number of urea groups is 1. The number of ether oxygens (including phenoxy) is 1. The molecule has 0 saturated carbocycles. The summed E-state index contributed by atoms with van der Waals surface area (Å²) in [5.74, 6) is 1.15. The summed E-state index contributed by atoms with van der Waals surface area (Å²) in [6.07, 6.45) is 1.75. The molecule has 4 amide bonds. The van der Waals surface area contributed by atoms with Crippen molar-refractivity contribution in [1.29, 1.82) is 0 Å². The largest absolute Gasteiger partial charge is 0.457 e. The molecule has 9 nitrogen and oxygen atoms in total. The van der Waals surface area contributed by atoms with Gasteiger partial charge in [-0.15, -0.1) is 0 Å². The number of amides is 4. The van der Waals surface area contributed by atoms with Gasteiger partial charge in [0.2, 0.25) is 5.91 Å². The van der Waals surface area contributed by atoms with Gasteiger partial charge in [-0.3, -0.25) is 14.5 Å². The van der Waals surface area contributed by atoms with Crippen LogP contribution >= 0.6 is 11.8 Å². The molecule has 10 heteroatoms. The van der Waals surface area contributed by atoms with Gasteiger partial charge < -0.3 is 26.0 Å². The SMILES string of the molecule is Cc1cc(Oc2ccccc2)ccc1N1C(=O)NC2=C(C(=O)NC3CCNC(=O)C3)SC3NCCC1C23. The van der Waals surface area contributed by atoms with E-state index in [1.807, 2.05) is 60.4 Å². The van der Waals surface area contributed by atoms with Crippen molar-refractivity contribution >= 4 is 35.3 Å². The zero-order valence-electron chi connectivity index (χ0n) is 20.5. The maximum Gasteiger partial charge on any atom is 0.326 e. The number of hydrogen-bond donors (Lipinski definition) is 4. The molecule has 4 N–H and O–H groups in total. The van der Waals surface area contributed by atoms with E-state index < -0.39 is 0 Å². The lowest BCUT2D eigenvalue weighted by atomic mass is 9.86. The Morgan fingerprint density at radius 2 is 1.92 bits per heavy atom. The number of thioether (sulfide) groups is 1. The lowest BCUT2D eigenvalue weighted by Gasteiger charge is -2.46. The zero-order valence-corrected chi connectivity index (χ0v) is 21.3. The van der Waals surface area contributed by atoms with Crippen LogP contribution < -0.4 is 30.9 Å². The van der Waals surface area contributed by atoms with Crippen LogP contribution in [-0.2, 0) is 9.59 Å². The summed E-state index contributed by atoms with van der Waals surface area (Å²) in [6, 6.07) is 14.8. The second-order valence-electron chi connectivity index (χ2n) is 9.79. The summed E-state index contributed by atoms with van der Waals surface area (Å²) in [7, 11) is 0. The maximum atomic E-state index is 13.5. The summed E-state index contributed by atoms with van der Waals surface area (Å²) in [5, 5.41) is 12.4. The minimum atomic E-state index is -0.235. The van der Waals surface area contributed by atoms with E-state index in [1.54, 1.807) is 0 Å². The van der Waals surface area contributed by atoms with Gasteiger partial charge in [0.05, 0.1) is 16.3 Å². The Hall–Kier alpha value is -3.50. The third-order valence-electron chi connectivity index (χ3n) is 7.34. The van der Waals surface area contributed by atoms with Gasteiger partial charge in [0.25, 0.3) is 5.91 Å². The molecule has 0 aromatic heterocycles. The van der Waals surface area contributed by atoms with Crippen molar-refractivity contribution in [3.63, 3.8) is 0 Å². The van der Waals surface area contributed by atoms with E-state index in [1.165, 1.54) is 11.8 Å². The number of rotatable bonds is 5. The van der Waals surface area contributed by atoms with Gasteiger partial charge >= 0.3 is 6.03 Å². The Labute approximate surface area is 219 Å². The Morgan fingerprint density at radius 3 is 2.70 bits per heavy atom. The topological polar surface area (TPSA) is 112 Å². The first kappa shape index (κ1) is 23.9. The molecule has 6 rings (SSSR count). The van der Waals surface area contributed by atoms with Gasteiger partial charge in [0.1, 0.15) is 11.5 Å². The molecule has 0 bridgehead atoms. The third-order valence-corrected chi connectivity index (χ3v) is 8.69. The van der Waals surface area contributed by atoms with Crippen LogP contribution in [-0.4, -0.2) is 48.4 Å². The normalized spacial score (nSPS) is 26.8. The molecule has 0 aliphatic carbocycles. The highest BCUT2D eigenvalue weighted by Gasteiger charge is 2.52. The van der Waals surface area contributed by atoms with E-state index in [0.29, 0.717) is 29.3 Å². The van der Waals surface area contributed by atoms with Crippen molar-refractivity contribution in [3.8, 4) is 11.5 Å². The number of hydrogen-bond acceptors (Lipinski definition) is 6. The van der Waals surface area contributed by atoms with Crippen LogP contribution in [0.5, 0.6) is 11.5 Å². The van der Waals surface area contributed by atoms with Crippen LogP contribution in [0.15, 0.2) is 59.1 Å². The van der Waals surface area contributed by atoms with Crippen molar-refractivity contribution in [1.82, 2.24) is 21.3 Å². The molecular weight excluding hydrogens is 490 g/mol. The molecule has 4 aliphatic rings. The van der Waals surface area contributed by atoms with Crippen LogP contribution in [0.4, 0.5) is 10.5 Å². The molecule has 4 heterocycles. The fraction of sp³-hybridized carbons (Fsp3) is 0.370. The lowest BCUT2D eigenvalue weighted by molar-refractivity contribution is -0.123. The smallest absolute Gasteiger partial charge is 0.326 e. The molecule has 37 heavy (non-hydrogen) atoms. The van der Waals surface area contributed by atoms with E-state index >= 15 is 0 Å². The number of para-hydroxylation sites is 1. The average molecular weight is 520 g/mol. The van der Waals surface area contributed by atoms with Crippen molar-refractivity contribution in [2.75, 3.05) is 18.0 Å². The van der Waals surface area contributed by atoms with E-state index in [-0.39, 0.29) is 47.6 Å². The molecule has 3 fully saturated rings. The minimum Gasteiger partial charge on any atom is -0.457 e. The highest BCUT2D eigenvalue weighted by Crippen LogP contribution is 2.48. The Bertz CT molecular complexity index is 1280. The van der Waals surface area contributed by atoms with Crippen molar-refractivity contribution < 1.29 is 19.1 Å². The first-order valence-electron chi connectivity index (χ1n) is 12.6. The number of aryl methyl sites for hydroxylation is 1. The molecule has 2 aromatic carbocycles. The Balaban J connectivity index is 1.25. The fourth-order valence-corrected chi connectivity index (χ4v) is 7.05. The lowest BCUT2D eigenvalue weighted by Crippen LogP contribution is -2.62. The highest BCUT2D eigenvalue weighted by atomic mass is 32.2. The Kier molecular flexibility index (Phi) is 6.29. The van der Waals surface area contributed by atoms with Gasteiger partial charge in [0.15, 0.2) is 0 Å². The summed E-state index contributed by atoms with van der Waals surface area (Å²) >= 11 is 1.47.